The van der Waals surface area contributed by atoms with E-state index in [0.29, 0.717) is 35.0 Å². The van der Waals surface area contributed by atoms with Crippen molar-refractivity contribution in [2.45, 2.75) is 26.5 Å². The molecule has 1 heterocycles. The van der Waals surface area contributed by atoms with E-state index < -0.39 is 6.10 Å². The van der Waals surface area contributed by atoms with Gasteiger partial charge in [-0.3, -0.25) is 9.59 Å². The topological polar surface area (TPSA) is 67.9 Å². The van der Waals surface area contributed by atoms with Gasteiger partial charge in [-0.1, -0.05) is 18.2 Å². The summed E-state index contributed by atoms with van der Waals surface area (Å²) in [6, 6.07) is 18.1. The average molecular weight is 434 g/mol. The molecular weight excluding hydrogens is 411 g/mol. The minimum absolute atomic E-state index is 0.213. The Morgan fingerprint density at radius 2 is 1.91 bits per heavy atom. The summed E-state index contributed by atoms with van der Waals surface area (Å²) < 4.78 is 24.5. The van der Waals surface area contributed by atoms with Crippen LogP contribution in [0, 0.1) is 5.82 Å². The van der Waals surface area contributed by atoms with Crippen LogP contribution in [0.2, 0.25) is 0 Å². The van der Waals surface area contributed by atoms with Gasteiger partial charge in [0.1, 0.15) is 17.3 Å². The first-order valence-corrected chi connectivity index (χ1v) is 10.4. The second-order valence-corrected chi connectivity index (χ2v) is 7.41. The predicted octanol–water partition coefficient (Wildman–Crippen LogP) is 4.79. The molecule has 3 aromatic carbocycles. The Hall–Kier alpha value is -3.87. The molecule has 4 rings (SSSR count). The highest BCUT2D eigenvalue weighted by Gasteiger charge is 2.32. The number of hydrogen-bond acceptors (Lipinski definition) is 4. The van der Waals surface area contributed by atoms with Gasteiger partial charge >= 0.3 is 0 Å². The Balaban J connectivity index is 1.59. The lowest BCUT2D eigenvalue weighted by atomic mass is 10.1. The van der Waals surface area contributed by atoms with Gasteiger partial charge in [0.15, 0.2) is 6.10 Å². The smallest absolute Gasteiger partial charge is 0.268 e. The molecule has 0 aliphatic carbocycles. The number of benzene rings is 3. The van der Waals surface area contributed by atoms with Gasteiger partial charge < -0.3 is 19.7 Å². The van der Waals surface area contributed by atoms with E-state index in [4.69, 9.17) is 9.47 Å². The minimum Gasteiger partial charge on any atom is -0.494 e. The normalized spacial score (nSPS) is 15.0. The minimum atomic E-state index is -0.648. The van der Waals surface area contributed by atoms with Crippen LogP contribution in [0.3, 0.4) is 0 Å². The van der Waals surface area contributed by atoms with E-state index in [1.165, 1.54) is 12.1 Å². The summed E-state index contributed by atoms with van der Waals surface area (Å²) in [5, 5.41) is 2.86. The molecule has 1 atom stereocenters. The van der Waals surface area contributed by atoms with Crippen molar-refractivity contribution in [1.29, 1.82) is 0 Å². The van der Waals surface area contributed by atoms with E-state index in [-0.39, 0.29) is 24.2 Å². The fourth-order valence-corrected chi connectivity index (χ4v) is 3.52. The Morgan fingerprint density at radius 3 is 2.66 bits per heavy atom. The average Bonchev–Trinajstić information content (AvgIpc) is 2.79. The molecule has 1 N–H and O–H groups in total. The molecule has 32 heavy (non-hydrogen) atoms. The summed E-state index contributed by atoms with van der Waals surface area (Å²) in [5.41, 5.74) is 2.30. The van der Waals surface area contributed by atoms with Gasteiger partial charge in [0.2, 0.25) is 0 Å². The van der Waals surface area contributed by atoms with Gasteiger partial charge in [0, 0.05) is 11.3 Å². The third-order valence-corrected chi connectivity index (χ3v) is 5.09. The van der Waals surface area contributed by atoms with Crippen LogP contribution < -0.4 is 19.7 Å². The maximum Gasteiger partial charge on any atom is 0.268 e. The molecule has 1 unspecified atom stereocenters. The fraction of sp³-hybridized carbons (Fsp3) is 0.200. The fourth-order valence-electron chi connectivity index (χ4n) is 3.52. The quantitative estimate of drug-likeness (QED) is 0.606. The first kappa shape index (κ1) is 21.4. The van der Waals surface area contributed by atoms with Crippen molar-refractivity contribution in [1.82, 2.24) is 0 Å². The third kappa shape index (κ3) is 4.56. The first-order chi connectivity index (χ1) is 15.4. The molecule has 164 valence electrons. The van der Waals surface area contributed by atoms with Crippen LogP contribution in [0.1, 0.15) is 29.8 Å². The summed E-state index contributed by atoms with van der Waals surface area (Å²) in [4.78, 5) is 27.2. The van der Waals surface area contributed by atoms with E-state index in [1.807, 2.05) is 6.92 Å². The van der Waals surface area contributed by atoms with Crippen molar-refractivity contribution in [2.24, 2.45) is 0 Å². The Morgan fingerprint density at radius 1 is 1.12 bits per heavy atom. The molecule has 7 heteroatoms. The summed E-state index contributed by atoms with van der Waals surface area (Å²) in [5.74, 6) is 0.302. The van der Waals surface area contributed by atoms with E-state index in [9.17, 15) is 14.0 Å². The predicted molar refractivity (Wildman–Crippen MR) is 120 cm³/mol. The van der Waals surface area contributed by atoms with E-state index in [2.05, 4.69) is 5.32 Å². The lowest BCUT2D eigenvalue weighted by Gasteiger charge is -2.33. The number of anilines is 2. The summed E-state index contributed by atoms with van der Waals surface area (Å²) in [6.07, 6.45) is -0.648. The molecule has 1 aliphatic rings. The molecule has 3 aromatic rings. The number of halogens is 1. The molecule has 1 aliphatic heterocycles. The van der Waals surface area contributed by atoms with Crippen LogP contribution in [0.4, 0.5) is 15.8 Å². The van der Waals surface area contributed by atoms with E-state index in [1.54, 1.807) is 66.4 Å². The highest BCUT2D eigenvalue weighted by molar-refractivity contribution is 6.06. The molecule has 0 spiro atoms. The standard InChI is InChI=1S/C25H23FN2O4/c1-3-31-21-6-4-5-18(13-21)24(29)27-20-11-12-23-22(14-20)28(25(30)16(2)32-23)15-17-7-9-19(26)10-8-17/h4-14,16H,3,15H2,1-2H3,(H,27,29). The number of amides is 2. The van der Waals surface area contributed by atoms with Crippen LogP contribution in [0.15, 0.2) is 66.7 Å². The van der Waals surface area contributed by atoms with Crippen molar-refractivity contribution in [3.05, 3.63) is 83.7 Å². The van der Waals surface area contributed by atoms with E-state index in [0.717, 1.165) is 5.56 Å². The van der Waals surface area contributed by atoms with Crippen LogP contribution >= 0.6 is 0 Å². The molecular formula is C25H23FN2O4. The number of carbonyl (C=O) groups excluding carboxylic acids is 2. The van der Waals surface area contributed by atoms with Gasteiger partial charge in [-0.2, -0.15) is 0 Å². The first-order valence-electron chi connectivity index (χ1n) is 10.4. The van der Waals surface area contributed by atoms with Crippen molar-refractivity contribution >= 4 is 23.2 Å². The van der Waals surface area contributed by atoms with Crippen LogP contribution in [0.25, 0.3) is 0 Å². The molecule has 2 amide bonds. The SMILES string of the molecule is CCOc1cccc(C(=O)Nc2ccc3c(c2)N(Cc2ccc(F)cc2)C(=O)C(C)O3)c1. The van der Waals surface area contributed by atoms with Crippen LogP contribution in [0.5, 0.6) is 11.5 Å². The largest absolute Gasteiger partial charge is 0.494 e. The van der Waals surface area contributed by atoms with Gasteiger partial charge in [-0.15, -0.1) is 0 Å². The molecule has 0 radical (unpaired) electrons. The zero-order valence-corrected chi connectivity index (χ0v) is 17.8. The zero-order valence-electron chi connectivity index (χ0n) is 17.8. The second-order valence-electron chi connectivity index (χ2n) is 7.41. The number of fused-ring (bicyclic) bond motifs is 1. The molecule has 6 nitrogen and oxygen atoms in total. The zero-order chi connectivity index (χ0) is 22.7. The molecule has 0 fully saturated rings. The highest BCUT2D eigenvalue weighted by Crippen LogP contribution is 2.37. The summed E-state index contributed by atoms with van der Waals surface area (Å²) in [6.45, 7) is 4.33. The molecule has 0 aromatic heterocycles. The van der Waals surface area contributed by atoms with Gasteiger partial charge in [0.25, 0.3) is 11.8 Å². The number of rotatable bonds is 6. The lowest BCUT2D eigenvalue weighted by Crippen LogP contribution is -2.44. The monoisotopic (exact) mass is 434 g/mol. The van der Waals surface area contributed by atoms with Gasteiger partial charge in [0.05, 0.1) is 18.8 Å². The van der Waals surface area contributed by atoms with Crippen LogP contribution in [-0.4, -0.2) is 24.5 Å². The van der Waals surface area contributed by atoms with Crippen molar-refractivity contribution in [3.63, 3.8) is 0 Å². The van der Waals surface area contributed by atoms with Crippen molar-refractivity contribution in [3.8, 4) is 11.5 Å². The Bertz CT molecular complexity index is 1150. The maximum atomic E-state index is 13.3. The molecule has 0 saturated heterocycles. The number of hydrogen-bond donors (Lipinski definition) is 1. The maximum absolute atomic E-state index is 13.3. The highest BCUT2D eigenvalue weighted by atomic mass is 19.1. The number of nitrogens with zero attached hydrogens (tertiary/aromatic N) is 1. The van der Waals surface area contributed by atoms with Crippen molar-refractivity contribution in [2.75, 3.05) is 16.8 Å². The summed E-state index contributed by atoms with van der Waals surface area (Å²) >= 11 is 0. The Labute approximate surface area is 185 Å². The second kappa shape index (κ2) is 9.09. The number of ether oxygens (including phenoxy) is 2. The van der Waals surface area contributed by atoms with Gasteiger partial charge in [-0.25, -0.2) is 4.39 Å². The Kier molecular flexibility index (Phi) is 6.07. The third-order valence-electron chi connectivity index (χ3n) is 5.09. The van der Waals surface area contributed by atoms with E-state index >= 15 is 0 Å². The van der Waals surface area contributed by atoms with Crippen LogP contribution in [-0.2, 0) is 11.3 Å². The summed E-state index contributed by atoms with van der Waals surface area (Å²) in [7, 11) is 0. The molecule has 0 bridgehead atoms. The van der Waals surface area contributed by atoms with Crippen molar-refractivity contribution < 1.29 is 23.5 Å². The lowest BCUT2D eigenvalue weighted by molar-refractivity contribution is -0.125. The van der Waals surface area contributed by atoms with Gasteiger partial charge in [-0.05, 0) is 67.9 Å². The number of nitrogens with one attached hydrogen (secondary N) is 1. The molecule has 0 saturated carbocycles. The number of carbonyl (C=O) groups is 2.